The molecule has 75 heavy (non-hydrogen) atoms. The molecule has 18 atom stereocenters. The number of nitrogens with one attached hydrogen (secondary N) is 1. The molecule has 8 fully saturated rings. The van der Waals surface area contributed by atoms with Gasteiger partial charge in [0, 0.05) is 55.8 Å². The van der Waals surface area contributed by atoms with E-state index in [2.05, 4.69) is 78.9 Å². The predicted molar refractivity (Wildman–Crippen MR) is 291 cm³/mol. The first kappa shape index (κ1) is 57.8. The quantitative estimate of drug-likeness (QED) is 0.142. The van der Waals surface area contributed by atoms with Crippen LogP contribution < -0.4 is 5.48 Å². The fourth-order valence-corrected chi connectivity index (χ4v) is 21.1. The van der Waals surface area contributed by atoms with E-state index in [4.69, 9.17) is 31.3 Å². The maximum Gasteiger partial charge on any atom is 0.228 e. The van der Waals surface area contributed by atoms with Crippen molar-refractivity contribution in [3.63, 3.8) is 0 Å². The summed E-state index contributed by atoms with van der Waals surface area (Å²) in [5, 5.41) is 17.1. The Hall–Kier alpha value is -3.35. The summed E-state index contributed by atoms with van der Waals surface area (Å²) in [6.45, 7) is 41.7. The molecule has 3 N–H and O–H groups in total. The van der Waals surface area contributed by atoms with E-state index in [1.807, 2.05) is 26.0 Å². The van der Waals surface area contributed by atoms with Gasteiger partial charge >= 0.3 is 0 Å². The number of rotatable bonds is 3. The highest BCUT2D eigenvalue weighted by Crippen LogP contribution is 2.77. The molecule has 10 aliphatic carbocycles. The summed E-state index contributed by atoms with van der Waals surface area (Å²) in [6.07, 6.45) is 16.9. The second-order valence-electron chi connectivity index (χ2n) is 29.0. The van der Waals surface area contributed by atoms with E-state index in [0.29, 0.717) is 12.8 Å². The monoisotopic (exact) mass is 1060 g/mol. The molecule has 414 valence electrons. The van der Waals surface area contributed by atoms with Gasteiger partial charge in [-0.05, 0) is 180 Å². The van der Waals surface area contributed by atoms with Gasteiger partial charge in [0.15, 0.2) is 17.3 Å². The van der Waals surface area contributed by atoms with Crippen molar-refractivity contribution in [1.82, 2.24) is 5.48 Å². The molecule has 8 saturated carbocycles. The van der Waals surface area contributed by atoms with Gasteiger partial charge in [0.1, 0.15) is 18.2 Å². The lowest BCUT2D eigenvalue weighted by molar-refractivity contribution is -0.218. The molecule has 0 unspecified atom stereocenters. The van der Waals surface area contributed by atoms with Gasteiger partial charge in [0.25, 0.3) is 0 Å². The van der Waals surface area contributed by atoms with Crippen molar-refractivity contribution < 1.29 is 40.5 Å². The van der Waals surface area contributed by atoms with Gasteiger partial charge in [0.2, 0.25) is 16.6 Å². The van der Waals surface area contributed by atoms with E-state index in [1.165, 1.54) is 14.5 Å². The third kappa shape index (κ3) is 8.27. The normalized spacial score (nSPS) is 47.7. The first-order valence-electron chi connectivity index (χ1n) is 29.3. The topological polar surface area (TPSA) is 164 Å². The van der Waals surface area contributed by atoms with E-state index in [0.717, 1.165) is 89.9 Å². The van der Waals surface area contributed by atoms with E-state index >= 15 is 0 Å². The van der Waals surface area contributed by atoms with Gasteiger partial charge in [-0.25, -0.2) is 15.2 Å². The molecule has 0 bridgehead atoms. The van der Waals surface area contributed by atoms with Crippen LogP contribution in [0.3, 0.4) is 0 Å². The number of fused-ring (bicyclic) bond motifs is 14. The fraction of sp³-hybridized carbons (Fsp3) is 0.810. The van der Waals surface area contributed by atoms with Crippen LogP contribution in [0.2, 0.25) is 0 Å². The maximum absolute atomic E-state index is 14.3. The maximum atomic E-state index is 14.3. The van der Waals surface area contributed by atoms with Gasteiger partial charge in [-0.15, -0.1) is 0 Å². The van der Waals surface area contributed by atoms with Gasteiger partial charge in [0.05, 0.1) is 13.1 Å². The zero-order chi connectivity index (χ0) is 56.9. The van der Waals surface area contributed by atoms with Crippen LogP contribution in [-0.2, 0) is 28.8 Å². The highest BCUT2D eigenvalue weighted by atomic mass is 35.5. The molecule has 0 saturated heterocycles. The molecule has 0 heterocycles. The Morgan fingerprint density at radius 2 is 0.973 bits per heavy atom. The number of carbonyl (C=O) groups is 6. The minimum Gasteiger partial charge on any atom is -0.389 e. The molecule has 0 aromatic heterocycles. The average Bonchev–Trinajstić information content (AvgIpc) is 3.36. The first-order chi connectivity index (χ1) is 35.3. The van der Waals surface area contributed by atoms with Gasteiger partial charge in [-0.1, -0.05) is 103 Å². The molecule has 10 rings (SSSR count). The number of hydrogen-bond acceptors (Lipinski definition) is 9. The molecule has 10 aliphatic rings. The average molecular weight is 1060 g/mol. The van der Waals surface area contributed by atoms with Gasteiger partial charge in [-0.2, -0.15) is 0 Å². The van der Waals surface area contributed by atoms with Crippen LogP contribution in [0.25, 0.3) is 9.69 Å². The molecule has 0 aliphatic heterocycles. The highest BCUT2D eigenvalue weighted by molar-refractivity contribution is 6.64. The molecule has 0 amide bonds. The summed E-state index contributed by atoms with van der Waals surface area (Å²) in [4.78, 5) is 87.9. The number of carbonyl (C=O) groups excluding carboxylic acids is 6. The van der Waals surface area contributed by atoms with Crippen molar-refractivity contribution in [3.8, 4) is 0 Å². The molecule has 12 heteroatoms. The van der Waals surface area contributed by atoms with Crippen molar-refractivity contribution in [1.29, 1.82) is 0 Å². The third-order valence-electron chi connectivity index (χ3n) is 25.3. The number of hydrogen-bond donors (Lipinski definition) is 3. The first-order valence-corrected chi connectivity index (χ1v) is 28.7. The van der Waals surface area contributed by atoms with E-state index in [9.17, 15) is 33.9 Å². The molecule has 0 aromatic rings. The number of aliphatic hydroxyl groups excluding tert-OH is 1. The summed E-state index contributed by atoms with van der Waals surface area (Å²) in [5.74, 6) is 0.0947. The van der Waals surface area contributed by atoms with Crippen LogP contribution in [0.5, 0.6) is 0 Å². The Morgan fingerprint density at radius 1 is 0.627 bits per heavy atom. The van der Waals surface area contributed by atoms with E-state index in [1.54, 1.807) is 5.48 Å². The Bertz CT molecular complexity index is 2560. The molecular formula is C63H92ClN3O8. The minimum absolute atomic E-state index is 0.00740. The van der Waals surface area contributed by atoms with Crippen molar-refractivity contribution in [2.45, 2.75) is 193 Å². The minimum atomic E-state index is -0.586. The summed E-state index contributed by atoms with van der Waals surface area (Å²) in [7, 11) is 2.68. The number of ketones is 5. The number of aliphatic hydroxyl groups is 1. The number of nitrogens with zero attached hydrogens (tertiary/aromatic N) is 2. The van der Waals surface area contributed by atoms with Crippen molar-refractivity contribution in [2.24, 2.45) is 113 Å². The zero-order valence-corrected chi connectivity index (χ0v) is 48.8. The predicted octanol–water partition coefficient (Wildman–Crippen LogP) is 13.1. The SMILES string of the molecule is CNO.[3H]C.[C-]#[N+]C1=C[C@]2(C)[C@H]3CC(=O)[C@@H]4[C@@H]5CC(C)(C)CC[C@]5(C(=O)CO)CC[C@@]4(C)[C@]3(C)CC[C@H]2[C@H](C)C1=O.[C-]#[N+]C1=C[C@]2(C)[C@H]3CC(=O)[C@@H]4[C@@H]5CC(C)(C)CC[C@]5(C(=O)Cl)CC[C@@]4(C)[C@]3(C)CC[C@H]2[C@H](C)C1=O. The highest BCUT2D eigenvalue weighted by Gasteiger charge is 2.74. The van der Waals surface area contributed by atoms with E-state index in [-0.39, 0.29) is 148 Å². The van der Waals surface area contributed by atoms with E-state index < -0.39 is 17.4 Å². The summed E-state index contributed by atoms with van der Waals surface area (Å²) >= 11 is 6.37. The zero-order valence-electron chi connectivity index (χ0n) is 49.1. The van der Waals surface area contributed by atoms with Crippen LogP contribution in [0.4, 0.5) is 0 Å². The van der Waals surface area contributed by atoms with Crippen LogP contribution in [0.15, 0.2) is 23.5 Å². The number of halogens is 1. The Balaban J connectivity index is 0.000000204. The Labute approximate surface area is 456 Å². The van der Waals surface area contributed by atoms with Crippen LogP contribution in [0, 0.1) is 126 Å². The number of hydroxylamine groups is 1. The second-order valence-corrected chi connectivity index (χ2v) is 29.4. The Morgan fingerprint density at radius 3 is 1.33 bits per heavy atom. The second kappa shape index (κ2) is 19.5. The number of Topliss-reactive ketones (excluding diaryl/α,β-unsaturated/α-hetero) is 5. The lowest BCUT2D eigenvalue weighted by Crippen LogP contribution is -2.68. The summed E-state index contributed by atoms with van der Waals surface area (Å²) in [5.41, 5.74) is -0.205. The lowest BCUT2D eigenvalue weighted by atomic mass is 9.32. The molecular weight excluding hydrogens is 962 g/mol. The smallest absolute Gasteiger partial charge is 0.228 e. The van der Waals surface area contributed by atoms with Crippen molar-refractivity contribution in [3.05, 3.63) is 46.4 Å². The Kier molecular flexibility index (Phi) is 15.0. The number of allylic oxidation sites excluding steroid dienone is 4. The summed E-state index contributed by atoms with van der Waals surface area (Å²) < 4.78 is 5.75. The third-order valence-corrected chi connectivity index (χ3v) is 25.7. The lowest BCUT2D eigenvalue weighted by Gasteiger charge is -2.71. The van der Waals surface area contributed by atoms with Crippen molar-refractivity contribution >= 4 is 45.8 Å². The van der Waals surface area contributed by atoms with Crippen LogP contribution >= 0.6 is 11.6 Å². The van der Waals surface area contributed by atoms with Crippen LogP contribution in [0.1, 0.15) is 195 Å². The van der Waals surface area contributed by atoms with Crippen molar-refractivity contribution in [2.75, 3.05) is 13.7 Å². The van der Waals surface area contributed by atoms with Gasteiger partial charge in [-0.3, -0.25) is 19.2 Å². The standard InChI is InChI=1S/C31H43NO4.C30H40ClNO3.CH5NO.CH4/c1-18-19-8-9-29(5)23(28(19,4)16-21(32-7)26(18)36)14-22(34)25-20-15-27(2,3)10-12-31(20,24(35)17-33)13-11-30(25,29)6;1-17-18-8-9-28(5)22(27(18,4)16-20(32-7)24(17)34)14-21(33)23-19-15-26(2,3)10-12-30(19,25(31)35)13-11-29(23,28)6;1-2-3;/h16,18-20,23,25,33H,8-15,17H2,1-6H3;16-19,22-23H,8-15H2,1-6H3;2-3H,1H3;1H4/t18-,19-,20-,23+,25-,28-,29+,30+,31-;17-,18-,19-,22+,23-,27-,28+,29+,30-;;/m00../s1/i;;;1T. The largest absolute Gasteiger partial charge is 0.389 e. The summed E-state index contributed by atoms with van der Waals surface area (Å²) in [6, 6.07) is 0. The molecule has 11 nitrogen and oxygen atoms in total. The van der Waals surface area contributed by atoms with Crippen LogP contribution in [-0.4, -0.2) is 58.1 Å². The fourth-order valence-electron chi connectivity index (χ4n) is 20.8. The molecule has 0 spiro atoms. The molecule has 0 radical (unpaired) electrons. The van der Waals surface area contributed by atoms with Gasteiger partial charge < -0.3 is 19.9 Å². The molecule has 0 aromatic carbocycles.